The summed E-state index contributed by atoms with van der Waals surface area (Å²) in [6, 6.07) is 17.0. The van der Waals surface area contributed by atoms with Crippen molar-refractivity contribution in [2.24, 2.45) is 7.05 Å². The first-order valence-corrected chi connectivity index (χ1v) is 10.2. The van der Waals surface area contributed by atoms with Gasteiger partial charge in [-0.05, 0) is 36.0 Å². The van der Waals surface area contributed by atoms with Gasteiger partial charge >= 0.3 is 0 Å². The number of aromatic nitrogens is 7. The Balaban J connectivity index is 1.55. The highest BCUT2D eigenvalue weighted by Crippen LogP contribution is 2.30. The van der Waals surface area contributed by atoms with Crippen LogP contribution in [0.1, 0.15) is 0 Å². The van der Waals surface area contributed by atoms with E-state index in [9.17, 15) is 4.79 Å². The minimum atomic E-state index is -0.266. The molecule has 0 radical (unpaired) electrons. The third-order valence-electron chi connectivity index (χ3n) is 4.55. The fourth-order valence-electron chi connectivity index (χ4n) is 3.07. The number of benzene rings is 2. The van der Waals surface area contributed by atoms with Crippen molar-refractivity contribution in [3.63, 3.8) is 0 Å². The van der Waals surface area contributed by atoms with Gasteiger partial charge in [-0.3, -0.25) is 4.79 Å². The van der Waals surface area contributed by atoms with Crippen LogP contribution in [0.25, 0.3) is 28.1 Å². The first-order chi connectivity index (χ1) is 14.6. The Hall–Kier alpha value is -3.43. The normalized spacial score (nSPS) is 11.3. The summed E-state index contributed by atoms with van der Waals surface area (Å²) in [6.45, 7) is 0. The molecule has 0 aliphatic rings. The summed E-state index contributed by atoms with van der Waals surface area (Å²) in [6.07, 6.45) is 1.51. The van der Waals surface area contributed by atoms with E-state index < -0.39 is 0 Å². The van der Waals surface area contributed by atoms with Crippen molar-refractivity contribution < 1.29 is 0 Å². The van der Waals surface area contributed by atoms with Crippen LogP contribution < -0.4 is 5.56 Å². The zero-order valence-electron chi connectivity index (χ0n) is 15.7. The molecule has 0 fully saturated rings. The Morgan fingerprint density at radius 2 is 1.80 bits per heavy atom. The van der Waals surface area contributed by atoms with Crippen molar-refractivity contribution in [1.29, 1.82) is 0 Å². The molecule has 5 aromatic rings. The Morgan fingerprint density at radius 1 is 1.03 bits per heavy atom. The van der Waals surface area contributed by atoms with Crippen molar-refractivity contribution in [2.45, 2.75) is 10.3 Å². The van der Waals surface area contributed by atoms with Crippen LogP contribution in [0.15, 0.2) is 75.9 Å². The lowest BCUT2D eigenvalue weighted by Gasteiger charge is -2.06. The summed E-state index contributed by atoms with van der Waals surface area (Å²) >= 11 is 7.50. The van der Waals surface area contributed by atoms with E-state index in [1.165, 1.54) is 18.0 Å². The molecule has 2 aromatic carbocycles. The van der Waals surface area contributed by atoms with E-state index >= 15 is 0 Å². The molecular formula is C20H14ClN7OS. The van der Waals surface area contributed by atoms with Gasteiger partial charge in [0.05, 0.1) is 16.9 Å². The second-order valence-corrected chi connectivity index (χ2v) is 7.81. The van der Waals surface area contributed by atoms with E-state index in [0.717, 1.165) is 11.3 Å². The van der Waals surface area contributed by atoms with Gasteiger partial charge in [-0.15, -0.1) is 10.2 Å². The lowest BCUT2D eigenvalue weighted by Crippen LogP contribution is -2.10. The molecule has 3 aromatic heterocycles. The third-order valence-corrected chi connectivity index (χ3v) is 5.81. The molecular weight excluding hydrogens is 422 g/mol. The molecule has 0 aliphatic heterocycles. The van der Waals surface area contributed by atoms with Gasteiger partial charge in [-0.25, -0.2) is 9.67 Å². The molecule has 0 saturated carbocycles. The summed E-state index contributed by atoms with van der Waals surface area (Å²) in [5.74, 6) is 0.626. The van der Waals surface area contributed by atoms with Gasteiger partial charge in [-0.2, -0.15) is 5.10 Å². The molecule has 0 bridgehead atoms. The minimum absolute atomic E-state index is 0.266. The van der Waals surface area contributed by atoms with Gasteiger partial charge in [0.1, 0.15) is 5.39 Å². The van der Waals surface area contributed by atoms with Crippen molar-refractivity contribution in [3.8, 4) is 17.1 Å². The van der Waals surface area contributed by atoms with Crippen LogP contribution in [0.2, 0.25) is 5.02 Å². The Kier molecular flexibility index (Phi) is 4.61. The maximum Gasteiger partial charge on any atom is 0.262 e. The highest BCUT2D eigenvalue weighted by atomic mass is 35.5. The molecule has 0 amide bonds. The van der Waals surface area contributed by atoms with Crippen LogP contribution >= 0.6 is 23.4 Å². The second kappa shape index (κ2) is 7.43. The smallest absolute Gasteiger partial charge is 0.262 e. The molecule has 0 saturated heterocycles. The number of hydrogen-bond acceptors (Lipinski definition) is 6. The topological polar surface area (TPSA) is 94.3 Å². The first kappa shape index (κ1) is 18.6. The lowest BCUT2D eigenvalue weighted by atomic mass is 10.2. The number of para-hydroxylation sites is 1. The highest BCUT2D eigenvalue weighted by Gasteiger charge is 2.17. The summed E-state index contributed by atoms with van der Waals surface area (Å²) in [7, 11) is 1.84. The van der Waals surface area contributed by atoms with Gasteiger partial charge in [0, 0.05) is 12.6 Å². The number of halogens is 1. The monoisotopic (exact) mass is 435 g/mol. The van der Waals surface area contributed by atoms with E-state index in [1.807, 2.05) is 60.1 Å². The number of aromatic amines is 1. The number of fused-ring (bicyclic) bond motifs is 1. The predicted octanol–water partition coefficient (Wildman–Crippen LogP) is 3.71. The maximum atomic E-state index is 12.6. The molecule has 3 heterocycles. The standard InChI is InChI=1S/C20H14ClN7OS/c1-27-17(13-9-5-6-10-15(13)21)25-26-20(27)30-19-23-16-14(18(29)24-19)11-22-28(16)12-7-3-2-4-8-12/h2-11H,1H3,(H,23,24,29). The average molecular weight is 436 g/mol. The van der Waals surface area contributed by atoms with E-state index in [4.69, 9.17) is 11.6 Å². The molecule has 148 valence electrons. The SMILES string of the molecule is Cn1c(Sc2nc3c(cnn3-c3ccccc3)c(=O)[nH]2)nnc1-c1ccccc1Cl. The number of rotatable bonds is 4. The average Bonchev–Trinajstić information content (AvgIpc) is 3.34. The quantitative estimate of drug-likeness (QED) is 0.432. The number of nitrogens with one attached hydrogen (secondary N) is 1. The summed E-state index contributed by atoms with van der Waals surface area (Å²) in [4.78, 5) is 20.0. The molecule has 10 heteroatoms. The Labute approximate surface area is 179 Å². The Bertz CT molecular complexity index is 1420. The number of hydrogen-bond donors (Lipinski definition) is 1. The summed E-state index contributed by atoms with van der Waals surface area (Å²) in [5.41, 5.74) is 1.81. The van der Waals surface area contributed by atoms with Gasteiger partial charge < -0.3 is 9.55 Å². The molecule has 0 aliphatic carbocycles. The molecule has 5 rings (SSSR count). The molecule has 0 spiro atoms. The van der Waals surface area contributed by atoms with Crippen LogP contribution in [0.4, 0.5) is 0 Å². The van der Waals surface area contributed by atoms with Gasteiger partial charge in [0.15, 0.2) is 21.8 Å². The van der Waals surface area contributed by atoms with Crippen LogP contribution in [0.3, 0.4) is 0 Å². The zero-order valence-corrected chi connectivity index (χ0v) is 17.2. The fraction of sp³-hybridized carbons (Fsp3) is 0.0500. The minimum Gasteiger partial charge on any atom is -0.305 e. The van der Waals surface area contributed by atoms with Crippen LogP contribution in [0.5, 0.6) is 0 Å². The van der Waals surface area contributed by atoms with Crippen molar-refractivity contribution in [1.82, 2.24) is 34.5 Å². The van der Waals surface area contributed by atoms with E-state index in [0.29, 0.717) is 32.2 Å². The van der Waals surface area contributed by atoms with Crippen molar-refractivity contribution >= 4 is 34.4 Å². The van der Waals surface area contributed by atoms with Crippen molar-refractivity contribution in [2.75, 3.05) is 0 Å². The largest absolute Gasteiger partial charge is 0.305 e. The lowest BCUT2D eigenvalue weighted by molar-refractivity contribution is 0.788. The summed E-state index contributed by atoms with van der Waals surface area (Å²) < 4.78 is 3.45. The molecule has 1 N–H and O–H groups in total. The van der Waals surface area contributed by atoms with Crippen LogP contribution in [-0.4, -0.2) is 34.5 Å². The molecule has 8 nitrogen and oxygen atoms in total. The molecule has 0 atom stereocenters. The van der Waals surface area contributed by atoms with Crippen LogP contribution in [-0.2, 0) is 7.05 Å². The van der Waals surface area contributed by atoms with Gasteiger partial charge in [0.2, 0.25) is 0 Å². The second-order valence-electron chi connectivity index (χ2n) is 6.45. The van der Waals surface area contributed by atoms with E-state index in [2.05, 4.69) is 25.3 Å². The van der Waals surface area contributed by atoms with E-state index in [1.54, 1.807) is 10.7 Å². The predicted molar refractivity (Wildman–Crippen MR) is 115 cm³/mol. The van der Waals surface area contributed by atoms with Gasteiger partial charge in [0.25, 0.3) is 5.56 Å². The Morgan fingerprint density at radius 3 is 2.60 bits per heavy atom. The third kappa shape index (κ3) is 3.17. The number of H-pyrrole nitrogens is 1. The van der Waals surface area contributed by atoms with E-state index in [-0.39, 0.29) is 5.56 Å². The molecule has 0 unspecified atom stereocenters. The molecule has 30 heavy (non-hydrogen) atoms. The van der Waals surface area contributed by atoms with Crippen molar-refractivity contribution in [3.05, 3.63) is 76.2 Å². The fourth-order valence-corrected chi connectivity index (χ4v) is 4.05. The zero-order chi connectivity index (χ0) is 20.7. The first-order valence-electron chi connectivity index (χ1n) is 8.97. The van der Waals surface area contributed by atoms with Gasteiger partial charge in [-0.1, -0.05) is 41.9 Å². The number of nitrogens with zero attached hydrogens (tertiary/aromatic N) is 6. The van der Waals surface area contributed by atoms with Crippen LogP contribution in [0, 0.1) is 0 Å². The summed E-state index contributed by atoms with van der Waals surface area (Å²) in [5, 5.41) is 14.8. The maximum absolute atomic E-state index is 12.6. The highest BCUT2D eigenvalue weighted by molar-refractivity contribution is 7.99.